The molecule has 0 radical (unpaired) electrons. The van der Waals surface area contributed by atoms with Gasteiger partial charge in [0.1, 0.15) is 5.75 Å². The zero-order valence-electron chi connectivity index (χ0n) is 15.9. The van der Waals surface area contributed by atoms with Crippen molar-refractivity contribution in [1.82, 2.24) is 10.2 Å². The molecule has 2 rings (SSSR count). The van der Waals surface area contributed by atoms with Crippen LogP contribution in [0.2, 0.25) is 0 Å². The van der Waals surface area contributed by atoms with Gasteiger partial charge in [0.25, 0.3) is 0 Å². The van der Waals surface area contributed by atoms with Crippen LogP contribution in [-0.2, 0) is 4.79 Å². The number of likely N-dealkylation sites (tertiary alicyclic amines) is 1. The van der Waals surface area contributed by atoms with E-state index in [1.54, 1.807) is 7.11 Å². The number of hydrogen-bond donors (Lipinski definition) is 2. The number of carbonyl (C=O) groups excluding carboxylic acids is 1. The number of hydrogen-bond acceptors (Lipinski definition) is 4. The van der Waals surface area contributed by atoms with Crippen molar-refractivity contribution in [3.8, 4) is 5.75 Å². The minimum Gasteiger partial charge on any atom is -0.496 e. The highest BCUT2D eigenvalue weighted by Crippen LogP contribution is 2.31. The summed E-state index contributed by atoms with van der Waals surface area (Å²) in [4.78, 5) is 14.7. The largest absolute Gasteiger partial charge is 0.496 e. The molecule has 26 heavy (non-hydrogen) atoms. The van der Waals surface area contributed by atoms with Crippen molar-refractivity contribution in [2.24, 2.45) is 11.7 Å². The second-order valence-electron chi connectivity index (χ2n) is 6.98. The summed E-state index contributed by atoms with van der Waals surface area (Å²) in [6.07, 6.45) is 3.10. The van der Waals surface area contributed by atoms with Gasteiger partial charge in [0.05, 0.1) is 19.2 Å². The first-order chi connectivity index (χ1) is 11.5. The first-order valence-electron chi connectivity index (χ1n) is 8.93. The number of methoxy groups -OCH3 is 1. The van der Waals surface area contributed by atoms with Gasteiger partial charge in [-0.3, -0.25) is 9.69 Å². The van der Waals surface area contributed by atoms with Crippen molar-refractivity contribution < 1.29 is 9.53 Å². The van der Waals surface area contributed by atoms with Crippen LogP contribution >= 0.6 is 24.8 Å². The maximum atomic E-state index is 12.3. The highest BCUT2D eigenvalue weighted by atomic mass is 35.5. The molecule has 1 saturated heterocycles. The fourth-order valence-corrected chi connectivity index (χ4v) is 3.37. The second kappa shape index (κ2) is 12.4. The molecule has 0 aliphatic carbocycles. The molecular weight excluding hydrogens is 373 g/mol. The molecule has 0 aromatic heterocycles. The summed E-state index contributed by atoms with van der Waals surface area (Å²) >= 11 is 0. The molecule has 150 valence electrons. The van der Waals surface area contributed by atoms with E-state index in [1.807, 2.05) is 18.2 Å². The number of carbonyl (C=O) groups is 1. The van der Waals surface area contributed by atoms with E-state index in [9.17, 15) is 4.79 Å². The Hall–Kier alpha value is -1.01. The molecule has 1 unspecified atom stereocenters. The molecule has 7 heteroatoms. The third kappa shape index (κ3) is 6.95. The lowest BCUT2D eigenvalue weighted by Gasteiger charge is -2.29. The Bertz CT molecular complexity index is 537. The number of benzene rings is 1. The Kier molecular flexibility index (Phi) is 11.9. The van der Waals surface area contributed by atoms with Crippen LogP contribution in [0.3, 0.4) is 0 Å². The molecule has 0 bridgehead atoms. The van der Waals surface area contributed by atoms with Crippen LogP contribution in [0.5, 0.6) is 5.75 Å². The van der Waals surface area contributed by atoms with Crippen LogP contribution in [0.25, 0.3) is 0 Å². The zero-order valence-corrected chi connectivity index (χ0v) is 17.6. The molecule has 1 aromatic carbocycles. The first kappa shape index (κ1) is 25.0. The van der Waals surface area contributed by atoms with Crippen molar-refractivity contribution in [1.29, 1.82) is 0 Å². The van der Waals surface area contributed by atoms with Gasteiger partial charge in [-0.05, 0) is 44.3 Å². The lowest BCUT2D eigenvalue weighted by molar-refractivity contribution is -0.122. The van der Waals surface area contributed by atoms with E-state index in [1.165, 1.54) is 12.8 Å². The minimum absolute atomic E-state index is 0. The summed E-state index contributed by atoms with van der Waals surface area (Å²) in [5.41, 5.74) is 7.13. The highest BCUT2D eigenvalue weighted by molar-refractivity contribution is 5.85. The van der Waals surface area contributed by atoms with Gasteiger partial charge in [0.15, 0.2) is 0 Å². The van der Waals surface area contributed by atoms with Crippen molar-refractivity contribution >= 4 is 30.7 Å². The molecule has 5 nitrogen and oxygen atoms in total. The number of rotatable bonds is 8. The first-order valence-corrected chi connectivity index (χ1v) is 8.93. The van der Waals surface area contributed by atoms with E-state index in [0.717, 1.165) is 24.4 Å². The van der Waals surface area contributed by atoms with Crippen LogP contribution in [0.4, 0.5) is 0 Å². The van der Waals surface area contributed by atoms with E-state index < -0.39 is 6.04 Å². The molecule has 1 heterocycles. The molecule has 1 amide bonds. The van der Waals surface area contributed by atoms with E-state index in [-0.39, 0.29) is 36.8 Å². The average Bonchev–Trinajstić information content (AvgIpc) is 3.09. The van der Waals surface area contributed by atoms with Crippen molar-refractivity contribution in [3.63, 3.8) is 0 Å². The summed E-state index contributed by atoms with van der Waals surface area (Å²) < 4.78 is 5.53. The summed E-state index contributed by atoms with van der Waals surface area (Å²) in [6, 6.07) is 7.74. The standard InChI is InChI=1S/C19H31N3O2.2ClH/c1-14(2)12-16(20)19(23)21-13-17(22-10-6-7-11-22)15-8-4-5-9-18(15)24-3;;/h4-5,8-9,14,16-17H,6-7,10-13,20H2,1-3H3,(H,21,23);2*1H/t16-,17?;;/m0../s1. The van der Waals surface area contributed by atoms with Gasteiger partial charge in [-0.1, -0.05) is 32.0 Å². The van der Waals surface area contributed by atoms with Crippen LogP contribution < -0.4 is 15.8 Å². The monoisotopic (exact) mass is 405 g/mol. The molecule has 1 aliphatic heterocycles. The fourth-order valence-electron chi connectivity index (χ4n) is 3.37. The predicted molar refractivity (Wildman–Crippen MR) is 111 cm³/mol. The summed E-state index contributed by atoms with van der Waals surface area (Å²) in [5, 5.41) is 3.05. The topological polar surface area (TPSA) is 67.6 Å². The number of halogens is 2. The summed E-state index contributed by atoms with van der Waals surface area (Å²) in [6.45, 7) is 6.82. The number of nitrogens with one attached hydrogen (secondary N) is 1. The van der Waals surface area contributed by atoms with Crippen molar-refractivity contribution in [2.75, 3.05) is 26.7 Å². The quantitative estimate of drug-likeness (QED) is 0.696. The van der Waals surface area contributed by atoms with Crippen LogP contribution in [0.1, 0.15) is 44.7 Å². The Morgan fingerprint density at radius 2 is 1.85 bits per heavy atom. The molecule has 0 spiro atoms. The van der Waals surface area contributed by atoms with Crippen LogP contribution in [0, 0.1) is 5.92 Å². The number of amides is 1. The number of nitrogens with zero attached hydrogens (tertiary/aromatic N) is 1. The highest BCUT2D eigenvalue weighted by Gasteiger charge is 2.27. The van der Waals surface area contributed by atoms with Gasteiger partial charge in [-0.15, -0.1) is 24.8 Å². The third-order valence-corrected chi connectivity index (χ3v) is 4.61. The molecule has 3 N–H and O–H groups in total. The second-order valence-corrected chi connectivity index (χ2v) is 6.98. The smallest absolute Gasteiger partial charge is 0.236 e. The summed E-state index contributed by atoms with van der Waals surface area (Å²) in [5.74, 6) is 1.22. The Morgan fingerprint density at radius 3 is 2.42 bits per heavy atom. The minimum atomic E-state index is -0.443. The normalized spacial score (nSPS) is 16.3. The maximum Gasteiger partial charge on any atom is 0.236 e. The third-order valence-electron chi connectivity index (χ3n) is 4.61. The zero-order chi connectivity index (χ0) is 17.5. The number of nitrogens with two attached hydrogens (primary N) is 1. The molecule has 0 saturated carbocycles. The van der Waals surface area contributed by atoms with Gasteiger partial charge in [0, 0.05) is 12.1 Å². The van der Waals surface area contributed by atoms with Crippen molar-refractivity contribution in [2.45, 2.75) is 45.2 Å². The summed E-state index contributed by atoms with van der Waals surface area (Å²) in [7, 11) is 1.69. The Balaban J connectivity index is 0.00000312. The van der Waals surface area contributed by atoms with E-state index >= 15 is 0 Å². The molecule has 1 aliphatic rings. The van der Waals surface area contributed by atoms with Gasteiger partial charge in [-0.25, -0.2) is 0 Å². The van der Waals surface area contributed by atoms with Gasteiger partial charge in [0.2, 0.25) is 5.91 Å². The van der Waals surface area contributed by atoms with Gasteiger partial charge < -0.3 is 15.8 Å². The van der Waals surface area contributed by atoms with Crippen LogP contribution in [0.15, 0.2) is 24.3 Å². The maximum absolute atomic E-state index is 12.3. The fraction of sp³-hybridized carbons (Fsp3) is 0.632. The SMILES string of the molecule is COc1ccccc1C(CNC(=O)[C@@H](N)CC(C)C)N1CCCC1.Cl.Cl. The molecule has 2 atom stereocenters. The van der Waals surface area contributed by atoms with E-state index in [4.69, 9.17) is 10.5 Å². The Morgan fingerprint density at radius 1 is 1.23 bits per heavy atom. The van der Waals surface area contributed by atoms with Gasteiger partial charge >= 0.3 is 0 Å². The Labute approximate surface area is 169 Å². The van der Waals surface area contributed by atoms with E-state index in [0.29, 0.717) is 18.9 Å². The molecule has 1 aromatic rings. The molecule has 1 fully saturated rings. The number of ether oxygens (including phenoxy) is 1. The van der Waals surface area contributed by atoms with Gasteiger partial charge in [-0.2, -0.15) is 0 Å². The lowest BCUT2D eigenvalue weighted by Crippen LogP contribution is -2.45. The average molecular weight is 406 g/mol. The molecular formula is C19H33Cl2N3O2. The lowest BCUT2D eigenvalue weighted by atomic mass is 10.0. The predicted octanol–water partition coefficient (Wildman–Crippen LogP) is 3.17. The number of para-hydroxylation sites is 1. The van der Waals surface area contributed by atoms with Crippen molar-refractivity contribution in [3.05, 3.63) is 29.8 Å². The van der Waals surface area contributed by atoms with E-state index in [2.05, 4.69) is 30.1 Å². The van der Waals surface area contributed by atoms with Crippen LogP contribution in [-0.4, -0.2) is 43.6 Å².